The number of halogens is 5. The van der Waals surface area contributed by atoms with Crippen LogP contribution in [0.3, 0.4) is 0 Å². The highest BCUT2D eigenvalue weighted by atomic mass is 79.9. The lowest BCUT2D eigenvalue weighted by molar-refractivity contribution is 0.0748. The van der Waals surface area contributed by atoms with E-state index >= 15 is 0 Å². The molecule has 7 aromatic carbocycles. The Morgan fingerprint density at radius 1 is 0.382 bits per heavy atom. The Morgan fingerprint density at radius 2 is 0.691 bits per heavy atom. The second kappa shape index (κ2) is 15.9. The highest BCUT2D eigenvalue weighted by molar-refractivity contribution is 9.10. The molecule has 2 atom stereocenters. The summed E-state index contributed by atoms with van der Waals surface area (Å²) in [5.41, 5.74) is 2.05. The van der Waals surface area contributed by atoms with Crippen LogP contribution in [0.4, 0.5) is 0 Å². The van der Waals surface area contributed by atoms with Crippen LogP contribution < -0.4 is 0 Å². The molecule has 2 N–H and O–H groups in total. The Labute approximate surface area is 346 Å². The molecule has 0 saturated heterocycles. The van der Waals surface area contributed by atoms with Crippen LogP contribution in [0, 0.1) is 0 Å². The zero-order valence-electron chi connectivity index (χ0n) is 28.7. The average Bonchev–Trinajstić information content (AvgIpc) is 3.22. The minimum atomic E-state index is -1.50. The molecular weight excluding hydrogens is 838 g/mol. The van der Waals surface area contributed by atoms with Gasteiger partial charge in [-0.15, -0.1) is 0 Å². The van der Waals surface area contributed by atoms with E-state index in [-0.39, 0.29) is 21.6 Å². The zero-order valence-corrected chi connectivity index (χ0v) is 33.3. The number of hydrogen-bond donors (Lipinski definition) is 2. The summed E-state index contributed by atoms with van der Waals surface area (Å²) in [6, 6.07) is 49.2. The van der Waals surface area contributed by atoms with Crippen molar-refractivity contribution >= 4 is 73.9 Å². The molecule has 0 spiro atoms. The molecule has 7 aromatic rings. The van der Waals surface area contributed by atoms with Crippen molar-refractivity contribution in [1.82, 2.24) is 0 Å². The molecule has 0 aliphatic heterocycles. The molecule has 0 bridgehead atoms. The molecule has 0 saturated carbocycles. The smallest absolute Gasteiger partial charge is 0.194 e. The number of aliphatic hydroxyl groups is 2. The fourth-order valence-corrected chi connectivity index (χ4v) is 8.00. The highest BCUT2D eigenvalue weighted by Crippen LogP contribution is 2.54. The molecule has 0 aromatic heterocycles. The maximum absolute atomic E-state index is 12.3. The van der Waals surface area contributed by atoms with Crippen LogP contribution in [-0.2, 0) is 11.2 Å². The Hall–Kier alpha value is -4.56. The Bertz CT molecular complexity index is 2410. The first-order chi connectivity index (χ1) is 26.5. The standard InChI is InChI=1S/C26H18Cl2O2.C14H6Cl2O2.C6H5Br/c27-23-15-21-22(16-24(23)28)26(30,18-11-5-2-6-12-18)20-14-8-7-13-19(20)25(21,29)17-9-3-1-4-10-17;15-11-5-9-10(6-12(11)16)14(18)8-4-2-1-3-7(8)13(9)17;7-6-4-2-1-3-5-6/h1-16,29-30H;1-6H;1-5H. The predicted molar refractivity (Wildman–Crippen MR) is 224 cm³/mol. The summed E-state index contributed by atoms with van der Waals surface area (Å²) in [5.74, 6) is -0.391. The van der Waals surface area contributed by atoms with Crippen molar-refractivity contribution < 1.29 is 19.8 Å². The van der Waals surface area contributed by atoms with Gasteiger partial charge in [-0.25, -0.2) is 0 Å². The topological polar surface area (TPSA) is 74.6 Å². The summed E-state index contributed by atoms with van der Waals surface area (Å²) in [6.45, 7) is 0. The van der Waals surface area contributed by atoms with Crippen molar-refractivity contribution in [2.45, 2.75) is 11.2 Å². The third-order valence-electron chi connectivity index (χ3n) is 9.63. The minimum Gasteiger partial charge on any atom is -0.376 e. The van der Waals surface area contributed by atoms with Gasteiger partial charge in [0.15, 0.2) is 11.6 Å². The van der Waals surface area contributed by atoms with Crippen molar-refractivity contribution in [2.75, 3.05) is 0 Å². The third kappa shape index (κ3) is 7.07. The second-order valence-corrected chi connectivity index (χ2v) is 15.4. The zero-order chi connectivity index (χ0) is 38.9. The first-order valence-electron chi connectivity index (χ1n) is 17.0. The van der Waals surface area contributed by atoms with Gasteiger partial charge in [0.25, 0.3) is 0 Å². The molecule has 0 fully saturated rings. The lowest BCUT2D eigenvalue weighted by atomic mass is 9.63. The molecule has 55 heavy (non-hydrogen) atoms. The Balaban J connectivity index is 0.000000156. The summed E-state index contributed by atoms with van der Waals surface area (Å²) < 4.78 is 1.13. The van der Waals surface area contributed by atoms with Crippen LogP contribution in [0.25, 0.3) is 0 Å². The molecule has 9 heteroatoms. The molecule has 9 rings (SSSR count). The summed E-state index contributed by atoms with van der Waals surface area (Å²) >= 11 is 27.9. The number of carbonyl (C=O) groups is 2. The van der Waals surface area contributed by atoms with Gasteiger partial charge in [-0.1, -0.05) is 190 Å². The van der Waals surface area contributed by atoms with Gasteiger partial charge in [-0.05, 0) is 58.7 Å². The van der Waals surface area contributed by atoms with Crippen LogP contribution in [0.5, 0.6) is 0 Å². The number of hydrogen-bond acceptors (Lipinski definition) is 4. The molecule has 272 valence electrons. The van der Waals surface area contributed by atoms with Crippen molar-refractivity contribution in [3.05, 3.63) is 244 Å². The molecule has 2 aliphatic rings. The molecule has 2 unspecified atom stereocenters. The van der Waals surface area contributed by atoms with E-state index in [1.54, 1.807) is 36.4 Å². The van der Waals surface area contributed by atoms with Gasteiger partial charge in [0.2, 0.25) is 0 Å². The molecule has 2 aliphatic carbocycles. The van der Waals surface area contributed by atoms with E-state index in [9.17, 15) is 19.8 Å². The predicted octanol–water partition coefficient (Wildman–Crippen LogP) is 12.1. The van der Waals surface area contributed by atoms with Crippen LogP contribution in [0.15, 0.2) is 168 Å². The van der Waals surface area contributed by atoms with Gasteiger partial charge in [-0.3, -0.25) is 9.59 Å². The van der Waals surface area contributed by atoms with E-state index in [1.165, 1.54) is 12.1 Å². The Morgan fingerprint density at radius 3 is 1.04 bits per heavy atom. The average molecular weight is 867 g/mol. The van der Waals surface area contributed by atoms with Crippen molar-refractivity contribution in [1.29, 1.82) is 0 Å². The lowest BCUT2D eigenvalue weighted by Crippen LogP contribution is -2.44. The monoisotopic (exact) mass is 864 g/mol. The molecule has 0 amide bonds. The van der Waals surface area contributed by atoms with Gasteiger partial charge in [0.1, 0.15) is 11.2 Å². The number of rotatable bonds is 2. The summed E-state index contributed by atoms with van der Waals surface area (Å²) in [7, 11) is 0. The second-order valence-electron chi connectivity index (χ2n) is 12.8. The van der Waals surface area contributed by atoms with Gasteiger partial charge in [0.05, 0.1) is 20.1 Å². The van der Waals surface area contributed by atoms with Crippen LogP contribution in [0.1, 0.15) is 65.2 Å². The van der Waals surface area contributed by atoms with Crippen molar-refractivity contribution in [3.63, 3.8) is 0 Å². The van der Waals surface area contributed by atoms with Crippen LogP contribution in [0.2, 0.25) is 20.1 Å². The first-order valence-corrected chi connectivity index (χ1v) is 19.3. The summed E-state index contributed by atoms with van der Waals surface area (Å²) in [6.07, 6.45) is 0. The minimum absolute atomic E-state index is 0.196. The fraction of sp³-hybridized carbons (Fsp3) is 0.0435. The Kier molecular flexibility index (Phi) is 11.2. The molecular formula is C46H29BrCl4O4. The SMILES string of the molecule is Brc1ccccc1.O=C1c2ccccc2C(=O)c2cc(Cl)c(Cl)cc21.OC1(c2ccccc2)c2ccccc2C(O)(c2ccccc2)c2cc(Cl)c(Cl)cc21. The van der Waals surface area contributed by atoms with Gasteiger partial charge in [0, 0.05) is 37.9 Å². The fourth-order valence-electron chi connectivity index (χ4n) is 7.04. The quantitative estimate of drug-likeness (QED) is 0.181. The number of benzene rings is 7. The van der Waals surface area contributed by atoms with Gasteiger partial charge in [-0.2, -0.15) is 0 Å². The normalized spacial score (nSPS) is 17.6. The molecule has 0 radical (unpaired) electrons. The third-order valence-corrected chi connectivity index (χ3v) is 11.6. The van der Waals surface area contributed by atoms with E-state index in [2.05, 4.69) is 15.9 Å². The number of fused-ring (bicyclic) bond motifs is 4. The van der Waals surface area contributed by atoms with E-state index in [0.29, 0.717) is 65.7 Å². The molecule has 0 heterocycles. The molecule has 4 nitrogen and oxygen atoms in total. The summed E-state index contributed by atoms with van der Waals surface area (Å²) in [5, 5.41) is 25.6. The van der Waals surface area contributed by atoms with Crippen molar-refractivity contribution in [2.24, 2.45) is 0 Å². The van der Waals surface area contributed by atoms with E-state index in [4.69, 9.17) is 46.4 Å². The van der Waals surface area contributed by atoms with Gasteiger partial charge >= 0.3 is 0 Å². The maximum atomic E-state index is 12.3. The van der Waals surface area contributed by atoms with E-state index < -0.39 is 11.2 Å². The van der Waals surface area contributed by atoms with Crippen molar-refractivity contribution in [3.8, 4) is 0 Å². The van der Waals surface area contributed by atoms with Gasteiger partial charge < -0.3 is 10.2 Å². The van der Waals surface area contributed by atoms with E-state index in [1.807, 2.05) is 115 Å². The van der Waals surface area contributed by atoms with Crippen LogP contribution >= 0.6 is 62.3 Å². The number of carbonyl (C=O) groups excluding carboxylic acids is 2. The highest BCUT2D eigenvalue weighted by Gasteiger charge is 2.51. The van der Waals surface area contributed by atoms with E-state index in [0.717, 1.165) is 4.47 Å². The first kappa shape index (κ1) is 38.7. The largest absolute Gasteiger partial charge is 0.376 e. The number of ketones is 2. The summed E-state index contributed by atoms with van der Waals surface area (Å²) in [4.78, 5) is 24.5. The van der Waals surface area contributed by atoms with Crippen LogP contribution in [-0.4, -0.2) is 21.8 Å². The lowest BCUT2D eigenvalue weighted by Gasteiger charge is -2.45. The maximum Gasteiger partial charge on any atom is 0.194 e.